The van der Waals surface area contributed by atoms with Crippen molar-refractivity contribution in [2.45, 2.75) is 99.8 Å². The Balaban J connectivity index is 2.86. The molecule has 0 rings (SSSR count). The third kappa shape index (κ3) is 17.6. The molecule has 0 heterocycles. The van der Waals surface area contributed by atoms with E-state index in [4.69, 9.17) is 0 Å². The first kappa shape index (κ1) is 19.6. The van der Waals surface area contributed by atoms with E-state index in [0.29, 0.717) is 34.1 Å². The van der Waals surface area contributed by atoms with Crippen molar-refractivity contribution >= 4 is 34.1 Å². The van der Waals surface area contributed by atoms with Crippen molar-refractivity contribution < 1.29 is 0 Å². The molecule has 18 heavy (non-hydrogen) atoms. The number of rotatable bonds is 15. The third-order valence-electron chi connectivity index (χ3n) is 3.25. The van der Waals surface area contributed by atoms with Crippen LogP contribution in [0.3, 0.4) is 0 Å². The summed E-state index contributed by atoms with van der Waals surface area (Å²) in [7, 11) is 0. The van der Waals surface area contributed by atoms with Gasteiger partial charge in [-0.25, -0.2) is 0 Å². The maximum absolute atomic E-state index is 2.31. The molecule has 0 aromatic carbocycles. The molecule has 2 heteroatoms. The molecule has 0 spiro atoms. The van der Waals surface area contributed by atoms with Gasteiger partial charge in [0, 0.05) is 0 Å². The average molecular weight is 482 g/mol. The summed E-state index contributed by atoms with van der Waals surface area (Å²) in [6.45, 7) is 4.61. The van der Waals surface area contributed by atoms with Crippen LogP contribution in [0.1, 0.15) is 90.9 Å². The second-order valence-corrected chi connectivity index (χ2v) is 17.9. The van der Waals surface area contributed by atoms with Gasteiger partial charge >= 0.3 is 134 Å². The summed E-state index contributed by atoms with van der Waals surface area (Å²) in [5.41, 5.74) is 0. The van der Waals surface area contributed by atoms with Gasteiger partial charge in [-0.1, -0.05) is 0 Å². The van der Waals surface area contributed by atoms with Gasteiger partial charge in [0.05, 0.1) is 0 Å². The third-order valence-corrected chi connectivity index (χ3v) is 15.9. The van der Waals surface area contributed by atoms with E-state index in [2.05, 4.69) is 13.8 Å². The molecule has 0 radical (unpaired) electrons. The van der Waals surface area contributed by atoms with Crippen molar-refractivity contribution in [2.24, 2.45) is 0 Å². The molecule has 0 bridgehead atoms. The standard InChI is InChI=1S/C16H34Te2/c1-3-5-7-9-11-13-15-17-18-16-14-12-10-8-6-4-2/h3-16H2,1-2H3. The minimum atomic E-state index is 0.532. The van der Waals surface area contributed by atoms with Crippen LogP contribution in [-0.4, -0.2) is 34.1 Å². The van der Waals surface area contributed by atoms with Gasteiger partial charge in [-0.2, -0.15) is 0 Å². The SMILES string of the molecule is CCCCCCCC[Te][Te]CCCCCCCC. The molecule has 0 aromatic rings. The molecular formula is C16H34Te2. The predicted octanol–water partition coefficient (Wildman–Crippen LogP) is 5.87. The van der Waals surface area contributed by atoms with Crippen molar-refractivity contribution in [1.82, 2.24) is 0 Å². The monoisotopic (exact) mass is 486 g/mol. The Bertz CT molecular complexity index is 121. The quantitative estimate of drug-likeness (QED) is 0.203. The Morgan fingerprint density at radius 1 is 0.444 bits per heavy atom. The van der Waals surface area contributed by atoms with Crippen molar-refractivity contribution in [2.75, 3.05) is 0 Å². The van der Waals surface area contributed by atoms with E-state index in [9.17, 15) is 0 Å². The fourth-order valence-corrected chi connectivity index (χ4v) is 13.5. The van der Waals surface area contributed by atoms with Gasteiger partial charge in [0.25, 0.3) is 0 Å². The zero-order chi connectivity index (χ0) is 13.3. The molecule has 0 N–H and O–H groups in total. The van der Waals surface area contributed by atoms with E-state index in [-0.39, 0.29) is 0 Å². The molecule has 0 nitrogen and oxygen atoms in total. The Hall–Kier alpha value is 1.58. The van der Waals surface area contributed by atoms with Crippen LogP contribution in [-0.2, 0) is 0 Å². The molecule has 0 atom stereocenters. The molecule has 0 aliphatic carbocycles. The Labute approximate surface area is 133 Å². The molecule has 0 saturated carbocycles. The van der Waals surface area contributed by atoms with E-state index < -0.39 is 0 Å². The molecule has 0 aliphatic rings. The van der Waals surface area contributed by atoms with E-state index >= 15 is 0 Å². The first-order valence-electron chi connectivity index (χ1n) is 8.16. The van der Waals surface area contributed by atoms with E-state index in [1.54, 1.807) is 21.8 Å². The van der Waals surface area contributed by atoms with Gasteiger partial charge < -0.3 is 0 Å². The predicted molar refractivity (Wildman–Crippen MR) is 87.9 cm³/mol. The van der Waals surface area contributed by atoms with Crippen molar-refractivity contribution in [3.05, 3.63) is 0 Å². The molecule has 110 valence electrons. The fourth-order valence-electron chi connectivity index (χ4n) is 2.00. The molecule has 0 aliphatic heterocycles. The Morgan fingerprint density at radius 3 is 1.17 bits per heavy atom. The van der Waals surface area contributed by atoms with E-state index in [1.807, 2.05) is 0 Å². The van der Waals surface area contributed by atoms with E-state index in [1.165, 1.54) is 64.2 Å². The normalized spacial score (nSPS) is 11.0. The van der Waals surface area contributed by atoms with Crippen LogP contribution in [0.25, 0.3) is 0 Å². The van der Waals surface area contributed by atoms with E-state index in [0.717, 1.165) is 0 Å². The van der Waals surface area contributed by atoms with Crippen molar-refractivity contribution in [3.8, 4) is 0 Å². The van der Waals surface area contributed by atoms with Gasteiger partial charge in [-0.15, -0.1) is 0 Å². The molecule has 0 aromatic heterocycles. The Kier molecular flexibility index (Phi) is 20.2. The average Bonchev–Trinajstić information content (AvgIpc) is 2.39. The number of unbranched alkanes of at least 4 members (excludes halogenated alkanes) is 10. The summed E-state index contributed by atoms with van der Waals surface area (Å²) in [4.78, 5) is 0. The minimum absolute atomic E-state index is 0.532. The van der Waals surface area contributed by atoms with Gasteiger partial charge in [-0.3, -0.25) is 0 Å². The second kappa shape index (κ2) is 18.6. The van der Waals surface area contributed by atoms with Gasteiger partial charge in [0.15, 0.2) is 0 Å². The van der Waals surface area contributed by atoms with Gasteiger partial charge in [-0.05, 0) is 0 Å². The summed E-state index contributed by atoms with van der Waals surface area (Å²) in [5, 5.41) is 0. The molecule has 0 unspecified atom stereocenters. The summed E-state index contributed by atoms with van der Waals surface area (Å²) < 4.78 is 3.35. The topological polar surface area (TPSA) is 0 Å². The molecular weight excluding hydrogens is 447 g/mol. The first-order valence-corrected chi connectivity index (χ1v) is 18.8. The number of hydrogen-bond donors (Lipinski definition) is 0. The summed E-state index contributed by atoms with van der Waals surface area (Å²) in [6, 6.07) is 0. The zero-order valence-corrected chi connectivity index (χ0v) is 17.4. The fraction of sp³-hybridized carbons (Fsp3) is 1.00. The van der Waals surface area contributed by atoms with Crippen LogP contribution < -0.4 is 0 Å². The molecule has 0 fully saturated rings. The summed E-state index contributed by atoms with van der Waals surface area (Å²) in [6.07, 6.45) is 17.9. The van der Waals surface area contributed by atoms with Crippen LogP contribution in [0.15, 0.2) is 0 Å². The zero-order valence-electron chi connectivity index (χ0n) is 12.7. The van der Waals surface area contributed by atoms with Gasteiger partial charge in [0.1, 0.15) is 0 Å². The van der Waals surface area contributed by atoms with Crippen LogP contribution >= 0.6 is 0 Å². The van der Waals surface area contributed by atoms with Crippen LogP contribution in [0.2, 0.25) is 8.94 Å². The van der Waals surface area contributed by atoms with Crippen molar-refractivity contribution in [3.63, 3.8) is 0 Å². The summed E-state index contributed by atoms with van der Waals surface area (Å²) >= 11 is 1.06. The second-order valence-electron chi connectivity index (χ2n) is 5.18. The van der Waals surface area contributed by atoms with Crippen molar-refractivity contribution in [1.29, 1.82) is 0 Å². The molecule has 0 amide bonds. The molecule has 0 saturated heterocycles. The van der Waals surface area contributed by atoms with Crippen LogP contribution in [0, 0.1) is 0 Å². The first-order chi connectivity index (χ1) is 8.91. The van der Waals surface area contributed by atoms with Crippen LogP contribution in [0.4, 0.5) is 0 Å². The Morgan fingerprint density at radius 2 is 0.778 bits per heavy atom. The van der Waals surface area contributed by atoms with Crippen LogP contribution in [0.5, 0.6) is 0 Å². The maximum atomic E-state index is 2.31. The summed E-state index contributed by atoms with van der Waals surface area (Å²) in [5.74, 6) is 0. The van der Waals surface area contributed by atoms with Gasteiger partial charge in [0.2, 0.25) is 0 Å². The number of hydrogen-bond acceptors (Lipinski definition) is 0.